The SMILES string of the molecule is C=C[C@@H](N)c1ccc2cc(O)ccc2c1. The lowest BCUT2D eigenvalue weighted by atomic mass is 10.0. The molecule has 0 unspecified atom stereocenters. The summed E-state index contributed by atoms with van der Waals surface area (Å²) in [5.74, 6) is 0.281. The van der Waals surface area contributed by atoms with Crippen molar-refractivity contribution in [2.24, 2.45) is 5.73 Å². The molecule has 0 bridgehead atoms. The number of aromatic hydroxyl groups is 1. The largest absolute Gasteiger partial charge is 0.508 e. The predicted molar refractivity (Wildman–Crippen MR) is 62.7 cm³/mol. The van der Waals surface area contributed by atoms with E-state index in [-0.39, 0.29) is 11.8 Å². The Hall–Kier alpha value is -1.80. The summed E-state index contributed by atoms with van der Waals surface area (Å²) in [4.78, 5) is 0. The Morgan fingerprint density at radius 2 is 1.80 bits per heavy atom. The molecule has 0 saturated carbocycles. The minimum Gasteiger partial charge on any atom is -0.508 e. The van der Waals surface area contributed by atoms with Gasteiger partial charge >= 0.3 is 0 Å². The number of rotatable bonds is 2. The Kier molecular flexibility index (Phi) is 2.44. The van der Waals surface area contributed by atoms with Crippen LogP contribution in [0, 0.1) is 0 Å². The third kappa shape index (κ3) is 1.85. The molecule has 0 aromatic heterocycles. The van der Waals surface area contributed by atoms with E-state index in [2.05, 4.69) is 6.58 Å². The number of phenols is 1. The first-order valence-electron chi connectivity index (χ1n) is 4.81. The van der Waals surface area contributed by atoms with Crippen molar-refractivity contribution in [3.05, 3.63) is 54.6 Å². The summed E-state index contributed by atoms with van der Waals surface area (Å²) >= 11 is 0. The second kappa shape index (κ2) is 3.75. The van der Waals surface area contributed by atoms with Crippen LogP contribution in [0.2, 0.25) is 0 Å². The zero-order valence-electron chi connectivity index (χ0n) is 8.35. The number of hydrogen-bond donors (Lipinski definition) is 2. The van der Waals surface area contributed by atoms with Gasteiger partial charge < -0.3 is 10.8 Å². The van der Waals surface area contributed by atoms with Crippen LogP contribution in [0.3, 0.4) is 0 Å². The van der Waals surface area contributed by atoms with Crippen LogP contribution in [-0.4, -0.2) is 5.11 Å². The third-order valence-corrected chi connectivity index (χ3v) is 2.49. The molecule has 0 saturated heterocycles. The number of hydrogen-bond acceptors (Lipinski definition) is 2. The van der Waals surface area contributed by atoms with Gasteiger partial charge in [-0.3, -0.25) is 0 Å². The van der Waals surface area contributed by atoms with Gasteiger partial charge in [0.2, 0.25) is 0 Å². The van der Waals surface area contributed by atoms with E-state index in [1.165, 1.54) is 0 Å². The number of benzene rings is 2. The van der Waals surface area contributed by atoms with Gasteiger partial charge in [0, 0.05) is 6.04 Å². The van der Waals surface area contributed by atoms with Gasteiger partial charge in [0.05, 0.1) is 0 Å². The van der Waals surface area contributed by atoms with Crippen LogP contribution in [0.15, 0.2) is 49.1 Å². The van der Waals surface area contributed by atoms with Crippen LogP contribution in [0.5, 0.6) is 5.75 Å². The highest BCUT2D eigenvalue weighted by molar-refractivity contribution is 5.84. The first kappa shape index (κ1) is 9.74. The fourth-order valence-corrected chi connectivity index (χ4v) is 1.60. The van der Waals surface area contributed by atoms with Crippen molar-refractivity contribution >= 4 is 10.8 Å². The molecule has 0 amide bonds. The van der Waals surface area contributed by atoms with Crippen molar-refractivity contribution in [3.8, 4) is 5.75 Å². The third-order valence-electron chi connectivity index (χ3n) is 2.49. The van der Waals surface area contributed by atoms with E-state index in [0.29, 0.717) is 0 Å². The van der Waals surface area contributed by atoms with Crippen LogP contribution >= 0.6 is 0 Å². The highest BCUT2D eigenvalue weighted by atomic mass is 16.3. The van der Waals surface area contributed by atoms with Gasteiger partial charge in [-0.05, 0) is 34.5 Å². The van der Waals surface area contributed by atoms with Gasteiger partial charge in [-0.2, -0.15) is 0 Å². The van der Waals surface area contributed by atoms with E-state index in [9.17, 15) is 5.11 Å². The standard InChI is InChI=1S/C13H13NO/c1-2-13(14)11-4-3-10-8-12(15)6-5-9(10)7-11/h2-8,13,15H,1,14H2/t13-/m1/s1. The van der Waals surface area contributed by atoms with Gasteiger partial charge in [-0.1, -0.05) is 24.3 Å². The molecule has 0 aliphatic rings. The molecule has 15 heavy (non-hydrogen) atoms. The molecule has 2 aromatic rings. The van der Waals surface area contributed by atoms with Crippen molar-refractivity contribution < 1.29 is 5.11 Å². The van der Waals surface area contributed by atoms with Gasteiger partial charge in [0.15, 0.2) is 0 Å². The lowest BCUT2D eigenvalue weighted by Crippen LogP contribution is -2.05. The average molecular weight is 199 g/mol. The predicted octanol–water partition coefficient (Wildman–Crippen LogP) is 2.73. The summed E-state index contributed by atoms with van der Waals surface area (Å²) < 4.78 is 0. The number of phenolic OH excluding ortho intramolecular Hbond substituents is 1. The molecule has 0 radical (unpaired) electrons. The first-order chi connectivity index (χ1) is 7.20. The zero-order valence-corrected chi connectivity index (χ0v) is 8.35. The second-order valence-electron chi connectivity index (χ2n) is 3.55. The lowest BCUT2D eigenvalue weighted by molar-refractivity contribution is 0.476. The first-order valence-corrected chi connectivity index (χ1v) is 4.81. The van der Waals surface area contributed by atoms with Crippen molar-refractivity contribution in [2.75, 3.05) is 0 Å². The molecule has 2 aromatic carbocycles. The van der Waals surface area contributed by atoms with Gasteiger partial charge in [0.1, 0.15) is 5.75 Å². The quantitative estimate of drug-likeness (QED) is 0.730. The smallest absolute Gasteiger partial charge is 0.116 e. The zero-order chi connectivity index (χ0) is 10.8. The average Bonchev–Trinajstić information content (AvgIpc) is 2.27. The summed E-state index contributed by atoms with van der Waals surface area (Å²) in [6.07, 6.45) is 1.71. The van der Waals surface area contributed by atoms with Gasteiger partial charge in [0.25, 0.3) is 0 Å². The van der Waals surface area contributed by atoms with Crippen LogP contribution in [0.4, 0.5) is 0 Å². The topological polar surface area (TPSA) is 46.2 Å². The number of fused-ring (bicyclic) bond motifs is 1. The van der Waals surface area contributed by atoms with Crippen molar-refractivity contribution in [3.63, 3.8) is 0 Å². The summed E-state index contributed by atoms with van der Waals surface area (Å²) in [5.41, 5.74) is 6.88. The maximum Gasteiger partial charge on any atom is 0.116 e. The Morgan fingerprint density at radius 1 is 1.13 bits per heavy atom. The molecule has 2 nitrogen and oxygen atoms in total. The fourth-order valence-electron chi connectivity index (χ4n) is 1.60. The van der Waals surface area contributed by atoms with Crippen LogP contribution < -0.4 is 5.73 Å². The minimum absolute atomic E-state index is 0.136. The van der Waals surface area contributed by atoms with Crippen molar-refractivity contribution in [2.45, 2.75) is 6.04 Å². The highest BCUT2D eigenvalue weighted by Gasteiger charge is 2.02. The summed E-state index contributed by atoms with van der Waals surface area (Å²) in [7, 11) is 0. The molecule has 1 atom stereocenters. The van der Waals surface area contributed by atoms with E-state index in [1.807, 2.05) is 24.3 Å². The van der Waals surface area contributed by atoms with Crippen LogP contribution in [0.1, 0.15) is 11.6 Å². The Labute approximate surface area is 88.7 Å². The molecule has 0 fully saturated rings. The highest BCUT2D eigenvalue weighted by Crippen LogP contribution is 2.23. The summed E-state index contributed by atoms with van der Waals surface area (Å²) in [5, 5.41) is 11.4. The molecule has 76 valence electrons. The molecule has 0 aliphatic carbocycles. The normalized spacial score (nSPS) is 12.6. The molecule has 0 aliphatic heterocycles. The monoisotopic (exact) mass is 199 g/mol. The molecule has 0 heterocycles. The van der Waals surface area contributed by atoms with Crippen LogP contribution in [0.25, 0.3) is 10.8 Å². The molecule has 2 rings (SSSR count). The molecular formula is C13H13NO. The van der Waals surface area contributed by atoms with E-state index in [4.69, 9.17) is 5.73 Å². The number of nitrogens with two attached hydrogens (primary N) is 1. The Balaban J connectivity index is 2.56. The van der Waals surface area contributed by atoms with Gasteiger partial charge in [-0.15, -0.1) is 6.58 Å². The van der Waals surface area contributed by atoms with Crippen LogP contribution in [-0.2, 0) is 0 Å². The maximum atomic E-state index is 9.31. The van der Waals surface area contributed by atoms with Crippen molar-refractivity contribution in [1.82, 2.24) is 0 Å². The van der Waals surface area contributed by atoms with Gasteiger partial charge in [-0.25, -0.2) is 0 Å². The molecule has 0 spiro atoms. The maximum absolute atomic E-state index is 9.31. The molecule has 3 N–H and O–H groups in total. The lowest BCUT2D eigenvalue weighted by Gasteiger charge is -2.07. The minimum atomic E-state index is -0.136. The fraction of sp³-hybridized carbons (Fsp3) is 0.0769. The molecular weight excluding hydrogens is 186 g/mol. The second-order valence-corrected chi connectivity index (χ2v) is 3.55. The van der Waals surface area contributed by atoms with E-state index < -0.39 is 0 Å². The summed E-state index contributed by atoms with van der Waals surface area (Å²) in [6, 6.07) is 11.1. The van der Waals surface area contributed by atoms with Crippen molar-refractivity contribution in [1.29, 1.82) is 0 Å². The summed E-state index contributed by atoms with van der Waals surface area (Å²) in [6.45, 7) is 3.67. The molecule has 2 heteroatoms. The van der Waals surface area contributed by atoms with E-state index >= 15 is 0 Å². The Morgan fingerprint density at radius 3 is 2.53 bits per heavy atom. The van der Waals surface area contributed by atoms with E-state index in [0.717, 1.165) is 16.3 Å². The Bertz CT molecular complexity index is 505. The van der Waals surface area contributed by atoms with E-state index in [1.54, 1.807) is 18.2 Å².